The van der Waals surface area contributed by atoms with Crippen molar-refractivity contribution in [3.63, 3.8) is 0 Å². The normalized spacial score (nSPS) is 16.0. The van der Waals surface area contributed by atoms with Crippen LogP contribution in [0.5, 0.6) is 11.5 Å². The molecule has 0 amide bonds. The molecule has 230 valence electrons. The number of pyridine rings is 2. The van der Waals surface area contributed by atoms with E-state index in [1.54, 1.807) is 19.1 Å². The van der Waals surface area contributed by atoms with Gasteiger partial charge in [0.25, 0.3) is 5.56 Å². The van der Waals surface area contributed by atoms with Crippen molar-refractivity contribution >= 4 is 23.2 Å². The van der Waals surface area contributed by atoms with E-state index >= 15 is 0 Å². The molecule has 12 heteroatoms. The van der Waals surface area contributed by atoms with Gasteiger partial charge in [0, 0.05) is 54.3 Å². The van der Waals surface area contributed by atoms with Gasteiger partial charge in [0.05, 0.1) is 25.5 Å². The number of carbonyl (C=O) groups excluding carboxylic acids is 2. The van der Waals surface area contributed by atoms with Crippen molar-refractivity contribution in [1.29, 1.82) is 0 Å². The van der Waals surface area contributed by atoms with E-state index in [4.69, 9.17) is 25.8 Å². The molecule has 0 aliphatic carbocycles. The van der Waals surface area contributed by atoms with Crippen LogP contribution in [0.25, 0.3) is 11.1 Å². The molecule has 0 saturated carbocycles. The number of hydrogen-bond acceptors (Lipinski definition) is 7. The Morgan fingerprint density at radius 2 is 1.91 bits per heavy atom. The van der Waals surface area contributed by atoms with Crippen LogP contribution in [0.2, 0.25) is 5.02 Å². The number of carbonyl (C=O) groups is 2. The Balaban J connectivity index is 1.71. The van der Waals surface area contributed by atoms with E-state index in [0.717, 1.165) is 19.3 Å². The zero-order valence-electron chi connectivity index (χ0n) is 23.8. The molecule has 4 rings (SSSR count). The van der Waals surface area contributed by atoms with Crippen molar-refractivity contribution in [1.82, 2.24) is 9.55 Å². The van der Waals surface area contributed by atoms with Crippen LogP contribution in [0.1, 0.15) is 61.1 Å². The summed E-state index contributed by atoms with van der Waals surface area (Å²) in [6.45, 7) is 0.746. The van der Waals surface area contributed by atoms with Crippen LogP contribution in [0.3, 0.4) is 0 Å². The van der Waals surface area contributed by atoms with E-state index in [9.17, 15) is 27.6 Å². The first-order valence-corrected chi connectivity index (χ1v) is 14.3. The molecule has 1 unspecified atom stereocenters. The molecular weight excluding hydrogens is 589 g/mol. The number of ketones is 2. The Morgan fingerprint density at radius 1 is 1.14 bits per heavy atom. The van der Waals surface area contributed by atoms with Gasteiger partial charge in [-0.25, -0.2) is 0 Å². The zero-order valence-corrected chi connectivity index (χ0v) is 24.5. The van der Waals surface area contributed by atoms with Crippen molar-refractivity contribution in [3.8, 4) is 22.6 Å². The molecule has 1 aliphatic heterocycles. The van der Waals surface area contributed by atoms with Crippen molar-refractivity contribution in [2.45, 2.75) is 63.8 Å². The molecule has 3 heterocycles. The van der Waals surface area contributed by atoms with Gasteiger partial charge in [0.15, 0.2) is 18.2 Å². The smallest absolute Gasteiger partial charge is 0.422 e. The Hall–Kier alpha value is -3.70. The highest BCUT2D eigenvalue weighted by Crippen LogP contribution is 2.38. The van der Waals surface area contributed by atoms with Gasteiger partial charge >= 0.3 is 6.18 Å². The van der Waals surface area contributed by atoms with Crippen LogP contribution in [0.4, 0.5) is 13.2 Å². The van der Waals surface area contributed by atoms with E-state index < -0.39 is 24.4 Å². The average Bonchev–Trinajstić information content (AvgIpc) is 2.99. The van der Waals surface area contributed by atoms with Gasteiger partial charge in [-0.3, -0.25) is 19.4 Å². The maximum Gasteiger partial charge on any atom is 0.422 e. The second kappa shape index (κ2) is 14.2. The van der Waals surface area contributed by atoms with Gasteiger partial charge < -0.3 is 18.8 Å². The maximum atomic E-state index is 13.8. The number of rotatable bonds is 12. The average molecular weight is 621 g/mol. The minimum atomic E-state index is -4.58. The van der Waals surface area contributed by atoms with Crippen LogP contribution in [0.15, 0.2) is 53.6 Å². The largest absolute Gasteiger partial charge is 0.495 e. The summed E-state index contributed by atoms with van der Waals surface area (Å²) in [4.78, 5) is 43.5. The summed E-state index contributed by atoms with van der Waals surface area (Å²) in [6.07, 6.45) is 1.07. The second-order valence-electron chi connectivity index (χ2n) is 10.3. The lowest BCUT2D eigenvalue weighted by atomic mass is 9.95. The predicted molar refractivity (Wildman–Crippen MR) is 154 cm³/mol. The lowest BCUT2D eigenvalue weighted by molar-refractivity contribution is -0.153. The number of benzene rings is 1. The SMILES string of the molecule is CCC(=O)c1ccc(CC(=O)C(C[C@@H]2CCCCO2)n2cc(OC)c(-c3cc(Cl)ccc3OCC(F)(F)F)cc2=O)cn1. The van der Waals surface area contributed by atoms with E-state index in [0.29, 0.717) is 24.3 Å². The fourth-order valence-corrected chi connectivity index (χ4v) is 5.15. The fraction of sp³-hybridized carbons (Fsp3) is 0.419. The maximum absolute atomic E-state index is 13.8. The molecule has 0 N–H and O–H groups in total. The lowest BCUT2D eigenvalue weighted by Crippen LogP contribution is -2.34. The Labute approximate surface area is 251 Å². The summed E-state index contributed by atoms with van der Waals surface area (Å²) < 4.78 is 56.5. The first kappa shape index (κ1) is 32.2. The highest BCUT2D eigenvalue weighted by atomic mass is 35.5. The molecule has 2 aromatic heterocycles. The van der Waals surface area contributed by atoms with Gasteiger partial charge in [0.1, 0.15) is 17.2 Å². The Morgan fingerprint density at radius 3 is 2.53 bits per heavy atom. The summed E-state index contributed by atoms with van der Waals surface area (Å²) in [5, 5.41) is 0.211. The number of Topliss-reactive ketones (excluding diaryl/α,β-unsaturated/α-hetero) is 2. The van der Waals surface area contributed by atoms with Gasteiger partial charge in [-0.2, -0.15) is 13.2 Å². The standard InChI is InChI=1S/C31H32ClF3N2O6/c1-3-26(38)24-9-7-19(16-36-24)12-27(39)25(14-21-6-4-5-11-42-21)37-17-29(41-2)23(15-30(37)40)22-13-20(32)8-10-28(22)43-18-31(33,34)35/h7-10,13,15-17,21,25H,3-6,11-12,14,18H2,1-2H3/t21-,25?/m0/s1. The van der Waals surface area contributed by atoms with Crippen LogP contribution >= 0.6 is 11.6 Å². The van der Waals surface area contributed by atoms with Crippen molar-refractivity contribution < 1.29 is 37.0 Å². The summed E-state index contributed by atoms with van der Waals surface area (Å²) in [5.41, 5.74) is 0.595. The minimum Gasteiger partial charge on any atom is -0.495 e. The topological polar surface area (TPSA) is 96.7 Å². The van der Waals surface area contributed by atoms with Crippen LogP contribution in [-0.2, 0) is 16.0 Å². The number of halogens is 4. The molecule has 0 spiro atoms. The van der Waals surface area contributed by atoms with Crippen LogP contribution in [0, 0.1) is 0 Å². The predicted octanol–water partition coefficient (Wildman–Crippen LogP) is 6.42. The minimum absolute atomic E-state index is 0.0504. The molecule has 3 aromatic rings. The molecule has 8 nitrogen and oxygen atoms in total. The molecule has 1 saturated heterocycles. The fourth-order valence-electron chi connectivity index (χ4n) is 4.98. The summed E-state index contributed by atoms with van der Waals surface area (Å²) >= 11 is 6.15. The molecule has 1 aliphatic rings. The number of nitrogens with zero attached hydrogens (tertiary/aromatic N) is 2. The third-order valence-electron chi connectivity index (χ3n) is 7.16. The van der Waals surface area contributed by atoms with Crippen LogP contribution in [-0.4, -0.2) is 53.7 Å². The monoisotopic (exact) mass is 620 g/mol. The Bertz CT molecular complexity index is 1500. The number of ether oxygens (including phenoxy) is 3. The first-order valence-electron chi connectivity index (χ1n) is 13.9. The third-order valence-corrected chi connectivity index (χ3v) is 7.40. The lowest BCUT2D eigenvalue weighted by Gasteiger charge is -2.28. The molecule has 0 bridgehead atoms. The number of aromatic nitrogens is 2. The van der Waals surface area contributed by atoms with Crippen molar-refractivity contribution in [2.24, 2.45) is 0 Å². The van der Waals surface area contributed by atoms with E-state index in [1.165, 1.54) is 48.3 Å². The first-order chi connectivity index (χ1) is 20.5. The molecule has 1 aromatic carbocycles. The molecular formula is C31H32ClF3N2O6. The van der Waals surface area contributed by atoms with E-state index in [2.05, 4.69) is 4.98 Å². The van der Waals surface area contributed by atoms with Gasteiger partial charge in [-0.05, 0) is 49.1 Å². The zero-order chi connectivity index (χ0) is 31.1. The molecule has 1 fully saturated rings. The summed E-state index contributed by atoms with van der Waals surface area (Å²) in [6, 6.07) is 7.54. The number of hydrogen-bond donors (Lipinski definition) is 0. The van der Waals surface area contributed by atoms with Gasteiger partial charge in [-0.15, -0.1) is 0 Å². The van der Waals surface area contributed by atoms with E-state index in [-0.39, 0.29) is 58.2 Å². The highest BCUT2D eigenvalue weighted by molar-refractivity contribution is 6.31. The van der Waals surface area contributed by atoms with Gasteiger partial charge in [-0.1, -0.05) is 24.6 Å². The van der Waals surface area contributed by atoms with E-state index in [1.807, 2.05) is 0 Å². The summed E-state index contributed by atoms with van der Waals surface area (Å²) in [7, 11) is 1.35. The molecule has 0 radical (unpaired) electrons. The van der Waals surface area contributed by atoms with Crippen molar-refractivity contribution in [2.75, 3.05) is 20.3 Å². The van der Waals surface area contributed by atoms with Gasteiger partial charge in [0.2, 0.25) is 0 Å². The highest BCUT2D eigenvalue weighted by Gasteiger charge is 2.31. The molecule has 43 heavy (non-hydrogen) atoms. The number of alkyl halides is 3. The summed E-state index contributed by atoms with van der Waals surface area (Å²) in [5.74, 6) is -0.405. The van der Waals surface area contributed by atoms with Crippen LogP contribution < -0.4 is 15.0 Å². The second-order valence-corrected chi connectivity index (χ2v) is 10.7. The molecule has 2 atom stereocenters. The quantitative estimate of drug-likeness (QED) is 0.216. The van der Waals surface area contributed by atoms with Crippen molar-refractivity contribution in [3.05, 3.63) is 75.4 Å². The third kappa shape index (κ3) is 8.45. The Kier molecular flexibility index (Phi) is 10.6. The number of methoxy groups -OCH3 is 1.